The van der Waals surface area contributed by atoms with Crippen LogP contribution in [0, 0.1) is 0 Å². The molecule has 0 aliphatic rings. The van der Waals surface area contributed by atoms with E-state index in [0.717, 1.165) is 72.2 Å². The summed E-state index contributed by atoms with van der Waals surface area (Å²) in [6.45, 7) is 0. The lowest BCUT2D eigenvalue weighted by Gasteiger charge is -2.12. The van der Waals surface area contributed by atoms with Gasteiger partial charge >= 0.3 is 0 Å². The van der Waals surface area contributed by atoms with Gasteiger partial charge in [0.15, 0.2) is 17.5 Å². The van der Waals surface area contributed by atoms with Crippen molar-refractivity contribution >= 4 is 65.6 Å². The van der Waals surface area contributed by atoms with E-state index in [1.54, 1.807) is 0 Å². The third kappa shape index (κ3) is 5.55. The van der Waals surface area contributed by atoms with E-state index in [9.17, 15) is 0 Å². The Morgan fingerprint density at radius 3 is 1.62 bits per heavy atom. The van der Waals surface area contributed by atoms with Gasteiger partial charge in [-0.1, -0.05) is 146 Å². The highest BCUT2D eigenvalue weighted by molar-refractivity contribution is 6.18. The zero-order valence-electron chi connectivity index (χ0n) is 33.9. The van der Waals surface area contributed by atoms with Crippen LogP contribution in [0.2, 0.25) is 0 Å². The number of fused-ring (bicyclic) bond motifs is 9. The summed E-state index contributed by atoms with van der Waals surface area (Å²) in [5, 5.41) is 6.95. The molecule has 0 N–H and O–H groups in total. The Morgan fingerprint density at radius 1 is 0.317 bits per heavy atom. The Kier molecular flexibility index (Phi) is 7.80. The Labute approximate surface area is 361 Å². The minimum absolute atomic E-state index is 0.590. The topological polar surface area (TPSA) is 61.7 Å². The smallest absolute Gasteiger partial charge is 0.164 e. The van der Waals surface area contributed by atoms with Crippen LogP contribution in [0.5, 0.6) is 0 Å². The van der Waals surface area contributed by atoms with Crippen molar-refractivity contribution in [1.29, 1.82) is 0 Å². The molecule has 6 nitrogen and oxygen atoms in total. The van der Waals surface area contributed by atoms with Gasteiger partial charge in [0.25, 0.3) is 0 Å². The molecule has 0 saturated carbocycles. The molecule has 0 saturated heterocycles. The van der Waals surface area contributed by atoms with Crippen LogP contribution in [-0.2, 0) is 0 Å². The molecule has 4 aromatic heterocycles. The molecule has 0 bridgehead atoms. The maximum Gasteiger partial charge on any atom is 0.164 e. The number of furan rings is 1. The van der Waals surface area contributed by atoms with Gasteiger partial charge in [0.05, 0.1) is 27.8 Å². The molecule has 13 aromatic rings. The quantitative estimate of drug-likeness (QED) is 0.168. The lowest BCUT2D eigenvalue weighted by atomic mass is 9.97. The summed E-state index contributed by atoms with van der Waals surface area (Å²) < 4.78 is 11.5. The van der Waals surface area contributed by atoms with Crippen molar-refractivity contribution < 1.29 is 4.42 Å². The van der Waals surface area contributed by atoms with Crippen molar-refractivity contribution in [2.24, 2.45) is 0 Å². The van der Waals surface area contributed by atoms with Crippen LogP contribution in [0.3, 0.4) is 0 Å². The lowest BCUT2D eigenvalue weighted by molar-refractivity contribution is 0.669. The lowest BCUT2D eigenvalue weighted by Crippen LogP contribution is -2.00. The molecule has 0 radical (unpaired) electrons. The number of nitrogens with zero attached hydrogens (tertiary/aromatic N) is 5. The largest absolute Gasteiger partial charge is 0.456 e. The monoisotopic (exact) mass is 805 g/mol. The second-order valence-electron chi connectivity index (χ2n) is 16.0. The van der Waals surface area contributed by atoms with Gasteiger partial charge in [-0.3, -0.25) is 0 Å². The molecule has 0 amide bonds. The van der Waals surface area contributed by atoms with Gasteiger partial charge in [0.2, 0.25) is 0 Å². The van der Waals surface area contributed by atoms with E-state index >= 15 is 0 Å². The Morgan fingerprint density at radius 2 is 0.889 bits per heavy atom. The van der Waals surface area contributed by atoms with Crippen LogP contribution >= 0.6 is 0 Å². The average molecular weight is 806 g/mol. The summed E-state index contributed by atoms with van der Waals surface area (Å²) in [5.41, 5.74) is 13.5. The minimum Gasteiger partial charge on any atom is -0.456 e. The van der Waals surface area contributed by atoms with E-state index in [0.29, 0.717) is 17.5 Å². The SMILES string of the molecule is c1ccc(-c2nc(-c3ccccc3)nc(-c3ccc4c(c3)oc3cccc(-c5ccc6c(c5)c5ccccc5n6-c5cccc6c5c5ccccc5n6-c5ccccc5)c34)n2)cc1. The van der Waals surface area contributed by atoms with E-state index in [1.807, 2.05) is 60.7 Å². The molecule has 4 heterocycles. The zero-order valence-corrected chi connectivity index (χ0v) is 33.9. The van der Waals surface area contributed by atoms with Gasteiger partial charge in [0, 0.05) is 54.7 Å². The summed E-state index contributed by atoms with van der Waals surface area (Å²) >= 11 is 0. The van der Waals surface area contributed by atoms with E-state index in [1.165, 1.54) is 32.6 Å². The van der Waals surface area contributed by atoms with Crippen LogP contribution in [0.15, 0.2) is 217 Å². The summed E-state index contributed by atoms with van der Waals surface area (Å²) in [6.07, 6.45) is 0. The predicted octanol–water partition coefficient (Wildman–Crippen LogP) is 14.6. The number of rotatable bonds is 6. The summed E-state index contributed by atoms with van der Waals surface area (Å²) in [7, 11) is 0. The van der Waals surface area contributed by atoms with Crippen LogP contribution in [-0.4, -0.2) is 24.1 Å². The van der Waals surface area contributed by atoms with E-state index in [4.69, 9.17) is 19.4 Å². The molecule has 6 heteroatoms. The highest BCUT2D eigenvalue weighted by Gasteiger charge is 2.21. The fourth-order valence-corrected chi connectivity index (χ4v) is 9.59. The molecular formula is C57H35N5O. The van der Waals surface area contributed by atoms with Gasteiger partial charge in [-0.05, 0) is 77.9 Å². The molecule has 0 aliphatic heterocycles. The highest BCUT2D eigenvalue weighted by atomic mass is 16.3. The first-order valence-electron chi connectivity index (χ1n) is 21.2. The summed E-state index contributed by atoms with van der Waals surface area (Å²) in [6, 6.07) is 74.5. The van der Waals surface area contributed by atoms with Crippen molar-refractivity contribution in [3.05, 3.63) is 212 Å². The van der Waals surface area contributed by atoms with Crippen LogP contribution in [0.1, 0.15) is 0 Å². The van der Waals surface area contributed by atoms with Crippen LogP contribution < -0.4 is 0 Å². The number of benzene rings is 9. The molecule has 0 aliphatic carbocycles. The van der Waals surface area contributed by atoms with E-state index < -0.39 is 0 Å². The average Bonchev–Trinajstić information content (AvgIpc) is 4.02. The summed E-state index contributed by atoms with van der Waals surface area (Å²) in [4.78, 5) is 14.9. The maximum absolute atomic E-state index is 6.66. The first-order valence-corrected chi connectivity index (χ1v) is 21.2. The van der Waals surface area contributed by atoms with Gasteiger partial charge in [-0.2, -0.15) is 0 Å². The van der Waals surface area contributed by atoms with Crippen LogP contribution in [0.4, 0.5) is 0 Å². The van der Waals surface area contributed by atoms with Gasteiger partial charge in [-0.15, -0.1) is 0 Å². The molecule has 0 atom stereocenters. The molecule has 294 valence electrons. The fraction of sp³-hybridized carbons (Fsp3) is 0. The molecule has 0 unspecified atom stereocenters. The fourth-order valence-electron chi connectivity index (χ4n) is 9.59. The third-order valence-corrected chi connectivity index (χ3v) is 12.4. The second kappa shape index (κ2) is 14.0. The number of para-hydroxylation sites is 3. The van der Waals surface area contributed by atoms with Crippen molar-refractivity contribution in [3.8, 4) is 56.7 Å². The Bertz CT molecular complexity index is 3850. The van der Waals surface area contributed by atoms with Crippen molar-refractivity contribution in [1.82, 2.24) is 24.1 Å². The number of aromatic nitrogens is 5. The molecular weight excluding hydrogens is 771 g/mol. The number of hydrogen-bond donors (Lipinski definition) is 0. The second-order valence-corrected chi connectivity index (χ2v) is 16.0. The number of hydrogen-bond acceptors (Lipinski definition) is 4. The van der Waals surface area contributed by atoms with Gasteiger partial charge in [0.1, 0.15) is 11.2 Å². The van der Waals surface area contributed by atoms with Crippen molar-refractivity contribution in [2.45, 2.75) is 0 Å². The van der Waals surface area contributed by atoms with Gasteiger partial charge < -0.3 is 13.6 Å². The zero-order chi connectivity index (χ0) is 41.4. The first-order chi connectivity index (χ1) is 31.2. The molecule has 0 fully saturated rings. The van der Waals surface area contributed by atoms with E-state index in [-0.39, 0.29) is 0 Å². The molecule has 0 spiro atoms. The predicted molar refractivity (Wildman–Crippen MR) is 258 cm³/mol. The molecule has 9 aromatic carbocycles. The third-order valence-electron chi connectivity index (χ3n) is 12.4. The van der Waals surface area contributed by atoms with Crippen LogP contribution in [0.25, 0.3) is 122 Å². The maximum atomic E-state index is 6.66. The Balaban J connectivity index is 0.968. The summed E-state index contributed by atoms with van der Waals surface area (Å²) in [5.74, 6) is 1.84. The minimum atomic E-state index is 0.590. The molecule has 13 rings (SSSR count). The highest BCUT2D eigenvalue weighted by Crippen LogP contribution is 2.43. The first kappa shape index (κ1) is 35.2. The van der Waals surface area contributed by atoms with Crippen molar-refractivity contribution in [2.75, 3.05) is 0 Å². The normalized spacial score (nSPS) is 11.8. The molecule has 63 heavy (non-hydrogen) atoms. The standard InChI is InChI=1S/C57H35N5O/c1-4-16-36(17-5-1)55-58-56(37-18-6-2-7-19-37)60-57(59-55)39-30-32-44-52(35-39)63-51-29-14-24-41(53(44)51)38-31-33-48-45(34-38)42-22-10-12-25-46(42)62(48)50-28-15-27-49-54(50)43-23-11-13-26-47(43)61(49)40-20-8-3-9-21-40/h1-35H. The van der Waals surface area contributed by atoms with Gasteiger partial charge in [-0.25, -0.2) is 15.0 Å². The van der Waals surface area contributed by atoms with Crippen molar-refractivity contribution in [3.63, 3.8) is 0 Å². The Hall–Kier alpha value is -8.61. The van der Waals surface area contributed by atoms with E-state index in [2.05, 4.69) is 161 Å².